The second-order valence-corrected chi connectivity index (χ2v) is 7.63. The Morgan fingerprint density at radius 2 is 1.81 bits per heavy atom. The minimum Gasteiger partial charge on any atom is -0.364 e. The highest BCUT2D eigenvalue weighted by Crippen LogP contribution is 2.42. The minimum atomic E-state index is -4.48. The van der Waals surface area contributed by atoms with Gasteiger partial charge in [0.15, 0.2) is 0 Å². The van der Waals surface area contributed by atoms with Crippen LogP contribution in [0.5, 0.6) is 0 Å². The number of aliphatic imine (C=N–C) groups is 1. The van der Waals surface area contributed by atoms with E-state index in [4.69, 9.17) is 4.99 Å². The van der Waals surface area contributed by atoms with Gasteiger partial charge in [0.25, 0.3) is 5.56 Å². The molecular weight excluding hydrogens is 424 g/mol. The Bertz CT molecular complexity index is 1230. The van der Waals surface area contributed by atoms with Crippen LogP contribution in [0.4, 0.5) is 17.6 Å². The van der Waals surface area contributed by atoms with Crippen molar-refractivity contribution >= 4 is 5.84 Å². The van der Waals surface area contributed by atoms with Gasteiger partial charge < -0.3 is 10.3 Å². The van der Waals surface area contributed by atoms with E-state index in [0.717, 1.165) is 12.1 Å². The highest BCUT2D eigenvalue weighted by molar-refractivity contribution is 6.01. The van der Waals surface area contributed by atoms with Crippen molar-refractivity contribution in [1.29, 1.82) is 0 Å². The molecule has 5 nitrogen and oxygen atoms in total. The summed E-state index contributed by atoms with van der Waals surface area (Å²) in [6.45, 7) is 3.67. The molecule has 32 heavy (non-hydrogen) atoms. The van der Waals surface area contributed by atoms with Crippen molar-refractivity contribution in [2.24, 2.45) is 4.99 Å². The first-order valence-corrected chi connectivity index (χ1v) is 10.0. The second-order valence-electron chi connectivity index (χ2n) is 7.63. The quantitative estimate of drug-likeness (QED) is 0.469. The van der Waals surface area contributed by atoms with Crippen LogP contribution in [0.15, 0.2) is 64.6 Å². The highest BCUT2D eigenvalue weighted by Gasteiger charge is 2.45. The zero-order chi connectivity index (χ0) is 23.1. The molecule has 166 valence electrons. The first-order chi connectivity index (χ1) is 15.1. The third-order valence-corrected chi connectivity index (χ3v) is 5.72. The minimum absolute atomic E-state index is 0.201. The summed E-state index contributed by atoms with van der Waals surface area (Å²) in [6.07, 6.45) is -1.14. The maximum absolute atomic E-state index is 14.0. The number of hydrogen-bond acceptors (Lipinski definition) is 4. The van der Waals surface area contributed by atoms with E-state index >= 15 is 0 Å². The van der Waals surface area contributed by atoms with Gasteiger partial charge in [0, 0.05) is 23.5 Å². The van der Waals surface area contributed by atoms with Crippen LogP contribution in [-0.2, 0) is 18.1 Å². The number of halogens is 4. The lowest BCUT2D eigenvalue weighted by Gasteiger charge is -2.32. The van der Waals surface area contributed by atoms with Gasteiger partial charge in [0.2, 0.25) is 5.95 Å². The van der Waals surface area contributed by atoms with E-state index in [1.807, 2.05) is 13.8 Å². The SMILES string of the molecule is CCc1cc(C2=NC(c3ccc(C(F)(F)F)cc3)(c3ccnc(F)c3)[C@H](C)N2)c[nH]c1=O. The maximum atomic E-state index is 14.0. The summed E-state index contributed by atoms with van der Waals surface area (Å²) in [5.74, 6) is -0.275. The van der Waals surface area contributed by atoms with Crippen LogP contribution >= 0.6 is 0 Å². The molecule has 2 aromatic heterocycles. The number of aromatic amines is 1. The van der Waals surface area contributed by atoms with E-state index in [1.54, 1.807) is 12.1 Å². The van der Waals surface area contributed by atoms with Crippen molar-refractivity contribution in [3.05, 3.63) is 99.0 Å². The molecule has 2 atom stereocenters. The summed E-state index contributed by atoms with van der Waals surface area (Å²) in [5.41, 5.74) is -0.0861. The fourth-order valence-corrected chi connectivity index (χ4v) is 4.04. The number of nitrogens with zero attached hydrogens (tertiary/aromatic N) is 2. The third-order valence-electron chi connectivity index (χ3n) is 5.72. The van der Waals surface area contributed by atoms with Gasteiger partial charge in [-0.15, -0.1) is 0 Å². The van der Waals surface area contributed by atoms with Crippen LogP contribution in [-0.4, -0.2) is 21.8 Å². The number of rotatable bonds is 4. The molecule has 4 rings (SSSR count). The Kier molecular flexibility index (Phi) is 5.36. The molecule has 0 radical (unpaired) electrons. The van der Waals surface area contributed by atoms with Crippen LogP contribution in [0.25, 0.3) is 0 Å². The van der Waals surface area contributed by atoms with Gasteiger partial charge in [-0.3, -0.25) is 4.79 Å². The van der Waals surface area contributed by atoms with Crippen LogP contribution in [0.1, 0.15) is 41.7 Å². The second kappa shape index (κ2) is 7.89. The molecule has 0 bridgehead atoms. The van der Waals surface area contributed by atoms with Crippen molar-refractivity contribution < 1.29 is 17.6 Å². The van der Waals surface area contributed by atoms with Gasteiger partial charge in [0.1, 0.15) is 11.4 Å². The summed E-state index contributed by atoms with van der Waals surface area (Å²) in [6, 6.07) is 8.80. The number of hydrogen-bond donors (Lipinski definition) is 2. The number of benzene rings is 1. The molecule has 0 saturated heterocycles. The van der Waals surface area contributed by atoms with Gasteiger partial charge in [-0.1, -0.05) is 19.1 Å². The summed E-state index contributed by atoms with van der Waals surface area (Å²) in [7, 11) is 0. The van der Waals surface area contributed by atoms with E-state index in [2.05, 4.69) is 15.3 Å². The molecule has 0 spiro atoms. The highest BCUT2D eigenvalue weighted by atomic mass is 19.4. The molecule has 0 fully saturated rings. The van der Waals surface area contributed by atoms with E-state index < -0.39 is 29.3 Å². The van der Waals surface area contributed by atoms with Gasteiger partial charge in [-0.05, 0) is 54.8 Å². The molecule has 1 aliphatic heterocycles. The largest absolute Gasteiger partial charge is 0.416 e. The Balaban J connectivity index is 1.91. The number of aryl methyl sites for hydroxylation is 1. The number of pyridine rings is 2. The number of aromatic nitrogens is 2. The summed E-state index contributed by atoms with van der Waals surface area (Å²) >= 11 is 0. The molecule has 1 unspecified atom stereocenters. The summed E-state index contributed by atoms with van der Waals surface area (Å²) in [5, 5.41) is 3.26. The van der Waals surface area contributed by atoms with Crippen LogP contribution in [0, 0.1) is 5.95 Å². The molecule has 0 aliphatic carbocycles. The predicted octanol–water partition coefficient (Wildman–Crippen LogP) is 4.17. The first kappa shape index (κ1) is 21.7. The zero-order valence-corrected chi connectivity index (χ0v) is 17.3. The third kappa shape index (κ3) is 3.68. The number of nitrogens with one attached hydrogen (secondary N) is 2. The van der Waals surface area contributed by atoms with Crippen molar-refractivity contribution in [3.8, 4) is 0 Å². The van der Waals surface area contributed by atoms with Gasteiger partial charge in [0.05, 0.1) is 11.6 Å². The number of amidine groups is 1. The van der Waals surface area contributed by atoms with E-state index in [-0.39, 0.29) is 5.56 Å². The maximum Gasteiger partial charge on any atom is 0.416 e. The monoisotopic (exact) mass is 444 g/mol. The molecule has 2 N–H and O–H groups in total. The molecule has 3 aromatic rings. The summed E-state index contributed by atoms with van der Waals surface area (Å²) in [4.78, 5) is 23.1. The van der Waals surface area contributed by atoms with Crippen LogP contribution in [0.2, 0.25) is 0 Å². The van der Waals surface area contributed by atoms with E-state index in [9.17, 15) is 22.4 Å². The lowest BCUT2D eigenvalue weighted by molar-refractivity contribution is -0.137. The fourth-order valence-electron chi connectivity index (χ4n) is 4.04. The van der Waals surface area contributed by atoms with Crippen molar-refractivity contribution in [3.63, 3.8) is 0 Å². The molecule has 0 saturated carbocycles. The van der Waals surface area contributed by atoms with Gasteiger partial charge in [-0.2, -0.15) is 17.6 Å². The predicted molar refractivity (Wildman–Crippen MR) is 112 cm³/mol. The Hall–Kier alpha value is -3.49. The van der Waals surface area contributed by atoms with Crippen LogP contribution < -0.4 is 10.9 Å². The van der Waals surface area contributed by atoms with Gasteiger partial charge >= 0.3 is 6.18 Å². The van der Waals surface area contributed by atoms with E-state index in [1.165, 1.54) is 30.6 Å². The van der Waals surface area contributed by atoms with E-state index in [0.29, 0.717) is 34.5 Å². The topological polar surface area (TPSA) is 70.1 Å². The lowest BCUT2D eigenvalue weighted by Crippen LogP contribution is -2.41. The fraction of sp³-hybridized carbons (Fsp3) is 0.261. The summed E-state index contributed by atoms with van der Waals surface area (Å²) < 4.78 is 53.4. The molecule has 1 aliphatic rings. The average Bonchev–Trinajstić information content (AvgIpc) is 3.11. The lowest BCUT2D eigenvalue weighted by atomic mass is 9.79. The number of H-pyrrole nitrogens is 1. The van der Waals surface area contributed by atoms with Crippen molar-refractivity contribution in [2.75, 3.05) is 0 Å². The van der Waals surface area contributed by atoms with Crippen LogP contribution in [0.3, 0.4) is 0 Å². The Morgan fingerprint density at radius 1 is 1.09 bits per heavy atom. The van der Waals surface area contributed by atoms with Crippen molar-refractivity contribution in [1.82, 2.24) is 15.3 Å². The Labute approximate surface area is 181 Å². The molecule has 1 aromatic carbocycles. The normalized spacial score (nSPS) is 20.7. The van der Waals surface area contributed by atoms with Gasteiger partial charge in [-0.25, -0.2) is 9.98 Å². The molecule has 0 amide bonds. The standard InChI is InChI=1S/C23H20F4N4O/c1-3-14-10-15(12-29-21(14)32)20-30-13(2)22(31-20,18-8-9-28-19(24)11-18)16-4-6-17(7-5-16)23(25,26)27/h4-13H,3H2,1-2H3,(H,29,32)(H,30,31)/t13-,22?/m0/s1. The molecule has 9 heteroatoms. The smallest absolute Gasteiger partial charge is 0.364 e. The van der Waals surface area contributed by atoms with Crippen molar-refractivity contribution in [2.45, 2.75) is 38.0 Å². The first-order valence-electron chi connectivity index (χ1n) is 10.0. The molecular formula is C23H20F4N4O. The average molecular weight is 444 g/mol. The number of alkyl halides is 3. The molecule has 3 heterocycles. The Morgan fingerprint density at radius 3 is 2.44 bits per heavy atom. The zero-order valence-electron chi connectivity index (χ0n) is 17.3.